The molecule has 7 heteroatoms. The quantitative estimate of drug-likeness (QED) is 0.422. The first-order valence-electron chi connectivity index (χ1n) is 13.4. The van der Waals surface area contributed by atoms with E-state index >= 15 is 0 Å². The zero-order chi connectivity index (χ0) is 26.9. The SMILES string of the molecule is CCN(CC)C(=O)c1ccc([C@@H](c2ccc(NC(=O)OC)cc2)N2CCN(Cc3ccccc3)CC2)cc1. The van der Waals surface area contributed by atoms with Gasteiger partial charge in [0.25, 0.3) is 5.91 Å². The van der Waals surface area contributed by atoms with Crippen LogP contribution < -0.4 is 5.32 Å². The number of hydrogen-bond donors (Lipinski definition) is 1. The smallest absolute Gasteiger partial charge is 0.411 e. The van der Waals surface area contributed by atoms with Crippen molar-refractivity contribution in [2.45, 2.75) is 26.4 Å². The fourth-order valence-corrected chi connectivity index (χ4v) is 5.05. The molecule has 1 fully saturated rings. The van der Waals surface area contributed by atoms with Gasteiger partial charge in [-0.25, -0.2) is 4.79 Å². The van der Waals surface area contributed by atoms with E-state index in [-0.39, 0.29) is 11.9 Å². The zero-order valence-corrected chi connectivity index (χ0v) is 22.6. The van der Waals surface area contributed by atoms with E-state index in [0.717, 1.165) is 43.9 Å². The number of ether oxygens (including phenoxy) is 1. The second-order valence-corrected chi connectivity index (χ2v) is 9.54. The molecular formula is C31H38N4O3. The minimum absolute atomic E-state index is 0.0404. The molecule has 0 spiro atoms. The van der Waals surface area contributed by atoms with Crippen molar-refractivity contribution in [3.8, 4) is 0 Å². The van der Waals surface area contributed by atoms with Crippen LogP contribution in [0.25, 0.3) is 0 Å². The average Bonchev–Trinajstić information content (AvgIpc) is 2.96. The van der Waals surface area contributed by atoms with Gasteiger partial charge in [0, 0.05) is 57.1 Å². The van der Waals surface area contributed by atoms with Crippen LogP contribution in [0, 0.1) is 0 Å². The Morgan fingerprint density at radius 1 is 0.842 bits per heavy atom. The van der Waals surface area contributed by atoms with E-state index in [0.29, 0.717) is 24.3 Å². The minimum Gasteiger partial charge on any atom is -0.453 e. The standard InChI is InChI=1S/C31H38N4O3/c1-4-34(5-2)30(36)27-13-11-25(12-14-27)29(26-15-17-28(18-16-26)32-31(37)38-3)35-21-19-33(20-22-35)23-24-9-7-6-8-10-24/h6-18,29H,4-5,19-23H2,1-3H3,(H,32,37)/t29-/m0/s1. The molecule has 38 heavy (non-hydrogen) atoms. The van der Waals surface area contributed by atoms with Crippen molar-refractivity contribution < 1.29 is 14.3 Å². The molecule has 1 saturated heterocycles. The largest absolute Gasteiger partial charge is 0.453 e. The summed E-state index contributed by atoms with van der Waals surface area (Å²) in [5, 5.41) is 2.72. The number of benzene rings is 3. The second kappa shape index (κ2) is 13.2. The monoisotopic (exact) mass is 514 g/mol. The van der Waals surface area contributed by atoms with E-state index in [9.17, 15) is 9.59 Å². The van der Waals surface area contributed by atoms with E-state index in [2.05, 4.69) is 69.7 Å². The summed E-state index contributed by atoms with van der Waals surface area (Å²) >= 11 is 0. The first kappa shape index (κ1) is 27.4. The second-order valence-electron chi connectivity index (χ2n) is 9.54. The molecule has 0 radical (unpaired) electrons. The molecular weight excluding hydrogens is 476 g/mol. The number of nitrogens with zero attached hydrogens (tertiary/aromatic N) is 3. The molecule has 0 unspecified atom stereocenters. The average molecular weight is 515 g/mol. The summed E-state index contributed by atoms with van der Waals surface area (Å²) in [6.07, 6.45) is -0.489. The van der Waals surface area contributed by atoms with Crippen molar-refractivity contribution in [3.05, 3.63) is 101 Å². The van der Waals surface area contributed by atoms with Crippen molar-refractivity contribution in [2.75, 3.05) is 51.7 Å². The highest BCUT2D eigenvalue weighted by Gasteiger charge is 2.27. The molecule has 4 rings (SSSR count). The topological polar surface area (TPSA) is 65.1 Å². The Balaban J connectivity index is 1.55. The zero-order valence-electron chi connectivity index (χ0n) is 22.6. The molecule has 1 aliphatic heterocycles. The van der Waals surface area contributed by atoms with E-state index in [1.807, 2.05) is 43.0 Å². The summed E-state index contributed by atoms with van der Waals surface area (Å²) in [5.74, 6) is 0.0610. The number of carbonyl (C=O) groups is 2. The maximum atomic E-state index is 12.9. The van der Waals surface area contributed by atoms with Gasteiger partial charge in [-0.05, 0) is 54.8 Å². The summed E-state index contributed by atoms with van der Waals surface area (Å²) in [6, 6.07) is 26.6. The Hall–Kier alpha value is -3.68. The van der Waals surface area contributed by atoms with Crippen molar-refractivity contribution in [2.24, 2.45) is 0 Å². The number of carbonyl (C=O) groups excluding carboxylic acids is 2. The molecule has 0 aromatic heterocycles. The highest BCUT2D eigenvalue weighted by Crippen LogP contribution is 2.31. The van der Waals surface area contributed by atoms with Gasteiger partial charge in [-0.2, -0.15) is 0 Å². The fraction of sp³-hybridized carbons (Fsp3) is 0.355. The molecule has 7 nitrogen and oxygen atoms in total. The van der Waals surface area contributed by atoms with Crippen LogP contribution in [0.15, 0.2) is 78.9 Å². The number of anilines is 1. The fourth-order valence-electron chi connectivity index (χ4n) is 5.05. The minimum atomic E-state index is -0.489. The van der Waals surface area contributed by atoms with Crippen LogP contribution in [-0.2, 0) is 11.3 Å². The number of nitrogens with one attached hydrogen (secondary N) is 1. The Labute approximate surface area is 226 Å². The van der Waals surface area contributed by atoms with Crippen molar-refractivity contribution in [1.29, 1.82) is 0 Å². The lowest BCUT2D eigenvalue weighted by Gasteiger charge is -2.40. The van der Waals surface area contributed by atoms with E-state index in [1.54, 1.807) is 0 Å². The third kappa shape index (κ3) is 6.79. The molecule has 3 aromatic carbocycles. The number of rotatable bonds is 9. The van der Waals surface area contributed by atoms with Crippen LogP contribution >= 0.6 is 0 Å². The lowest BCUT2D eigenvalue weighted by Crippen LogP contribution is -2.47. The number of methoxy groups -OCH3 is 1. The van der Waals surface area contributed by atoms with Crippen LogP contribution in [-0.4, -0.2) is 73.1 Å². The molecule has 3 aromatic rings. The van der Waals surface area contributed by atoms with Gasteiger partial charge >= 0.3 is 6.09 Å². The molecule has 1 aliphatic rings. The lowest BCUT2D eigenvalue weighted by atomic mass is 9.95. The summed E-state index contributed by atoms with van der Waals surface area (Å²) in [4.78, 5) is 31.3. The van der Waals surface area contributed by atoms with E-state index in [1.165, 1.54) is 12.7 Å². The maximum Gasteiger partial charge on any atom is 0.411 e. The van der Waals surface area contributed by atoms with Gasteiger partial charge in [0.1, 0.15) is 0 Å². The summed E-state index contributed by atoms with van der Waals surface area (Å²) < 4.78 is 4.72. The van der Waals surface area contributed by atoms with Crippen LogP contribution in [0.1, 0.15) is 46.9 Å². The van der Waals surface area contributed by atoms with Crippen LogP contribution in [0.5, 0.6) is 0 Å². The van der Waals surface area contributed by atoms with Gasteiger partial charge in [0.05, 0.1) is 13.2 Å². The molecule has 0 bridgehead atoms. The maximum absolute atomic E-state index is 12.9. The Morgan fingerprint density at radius 2 is 1.42 bits per heavy atom. The number of piperazine rings is 1. The van der Waals surface area contributed by atoms with Crippen LogP contribution in [0.3, 0.4) is 0 Å². The Morgan fingerprint density at radius 3 is 1.97 bits per heavy atom. The Kier molecular flexibility index (Phi) is 9.51. The molecule has 2 amide bonds. The molecule has 0 saturated carbocycles. The van der Waals surface area contributed by atoms with Gasteiger partial charge in [-0.15, -0.1) is 0 Å². The van der Waals surface area contributed by atoms with Crippen molar-refractivity contribution in [3.63, 3.8) is 0 Å². The predicted molar refractivity (Wildman–Crippen MR) is 151 cm³/mol. The predicted octanol–water partition coefficient (Wildman–Crippen LogP) is 5.25. The highest BCUT2D eigenvalue weighted by molar-refractivity contribution is 5.94. The molecule has 200 valence electrons. The normalized spacial score (nSPS) is 15.0. The van der Waals surface area contributed by atoms with Crippen LogP contribution in [0.4, 0.5) is 10.5 Å². The highest BCUT2D eigenvalue weighted by atomic mass is 16.5. The van der Waals surface area contributed by atoms with Gasteiger partial charge in [0.15, 0.2) is 0 Å². The summed E-state index contributed by atoms with van der Waals surface area (Å²) in [7, 11) is 1.35. The summed E-state index contributed by atoms with van der Waals surface area (Å²) in [5.41, 5.74) is 5.01. The first-order chi connectivity index (χ1) is 18.5. The summed E-state index contributed by atoms with van der Waals surface area (Å²) in [6.45, 7) is 10.2. The van der Waals surface area contributed by atoms with Gasteiger partial charge < -0.3 is 9.64 Å². The van der Waals surface area contributed by atoms with E-state index in [4.69, 9.17) is 4.74 Å². The van der Waals surface area contributed by atoms with Gasteiger partial charge in [-0.3, -0.25) is 19.9 Å². The van der Waals surface area contributed by atoms with E-state index < -0.39 is 6.09 Å². The third-order valence-electron chi connectivity index (χ3n) is 7.20. The lowest BCUT2D eigenvalue weighted by molar-refractivity contribution is 0.0772. The van der Waals surface area contributed by atoms with Crippen molar-refractivity contribution >= 4 is 17.7 Å². The number of amides is 2. The molecule has 1 heterocycles. The number of hydrogen-bond acceptors (Lipinski definition) is 5. The molecule has 1 atom stereocenters. The van der Waals surface area contributed by atoms with Gasteiger partial charge in [-0.1, -0.05) is 54.6 Å². The van der Waals surface area contributed by atoms with Crippen molar-refractivity contribution in [1.82, 2.24) is 14.7 Å². The molecule has 1 N–H and O–H groups in total. The van der Waals surface area contributed by atoms with Crippen LogP contribution in [0.2, 0.25) is 0 Å². The first-order valence-corrected chi connectivity index (χ1v) is 13.4. The van der Waals surface area contributed by atoms with Gasteiger partial charge in [0.2, 0.25) is 0 Å². The third-order valence-corrected chi connectivity index (χ3v) is 7.20. The molecule has 0 aliphatic carbocycles. The Bertz CT molecular complexity index is 1170.